The van der Waals surface area contributed by atoms with Gasteiger partial charge >= 0.3 is 0 Å². The average molecular weight is 383 g/mol. The molecule has 4 rings (SSSR count). The van der Waals surface area contributed by atoms with Gasteiger partial charge in [-0.1, -0.05) is 18.2 Å². The van der Waals surface area contributed by atoms with E-state index in [1.165, 1.54) is 0 Å². The number of hydrogen-bond acceptors (Lipinski definition) is 3. The number of nitrogens with zero attached hydrogens (tertiary/aromatic N) is 3. The van der Waals surface area contributed by atoms with E-state index in [1.807, 2.05) is 61.9 Å². The number of hydrogen-bond donors (Lipinski definition) is 0. The Morgan fingerprint density at radius 1 is 1.11 bits per heavy atom. The number of para-hydroxylation sites is 1. The molecule has 3 aliphatic heterocycles. The van der Waals surface area contributed by atoms with Gasteiger partial charge in [0.2, 0.25) is 17.7 Å². The summed E-state index contributed by atoms with van der Waals surface area (Å²) < 4.78 is 0. The number of likely N-dealkylation sites (N-methyl/N-ethyl adjacent to an activating group) is 1. The molecule has 6 heteroatoms. The molecule has 0 radical (unpaired) electrons. The molecule has 3 heterocycles. The smallest absolute Gasteiger partial charge is 0.237 e. The average Bonchev–Trinajstić information content (AvgIpc) is 3.16. The van der Waals surface area contributed by atoms with E-state index >= 15 is 0 Å². The Labute approximate surface area is 166 Å². The van der Waals surface area contributed by atoms with Crippen molar-refractivity contribution >= 4 is 23.4 Å². The van der Waals surface area contributed by atoms with Gasteiger partial charge in [0.15, 0.2) is 0 Å². The highest BCUT2D eigenvalue weighted by Gasteiger charge is 2.52. The third-order valence-electron chi connectivity index (χ3n) is 6.71. The molecule has 3 amide bonds. The number of fused-ring (bicyclic) bond motifs is 2. The summed E-state index contributed by atoms with van der Waals surface area (Å²) in [5.41, 5.74) is 1.30. The minimum absolute atomic E-state index is 0.0563. The Balaban J connectivity index is 1.47. The summed E-state index contributed by atoms with van der Waals surface area (Å²) in [6.07, 6.45) is 1.58. The van der Waals surface area contributed by atoms with Crippen LogP contribution in [-0.2, 0) is 19.8 Å². The van der Waals surface area contributed by atoms with Crippen LogP contribution in [0.5, 0.6) is 0 Å². The zero-order valence-corrected chi connectivity index (χ0v) is 17.2. The zero-order chi connectivity index (χ0) is 20.3. The molecular formula is C22H29N3O3. The molecule has 1 atom stereocenters. The molecule has 0 aliphatic carbocycles. The summed E-state index contributed by atoms with van der Waals surface area (Å²) in [7, 11) is 1.83. The van der Waals surface area contributed by atoms with Crippen LogP contribution in [0.4, 0.5) is 5.69 Å². The van der Waals surface area contributed by atoms with Crippen LogP contribution in [0.3, 0.4) is 0 Å². The Bertz CT molecular complexity index is 834. The van der Waals surface area contributed by atoms with Gasteiger partial charge in [0.05, 0.1) is 11.3 Å². The molecule has 1 aromatic rings. The van der Waals surface area contributed by atoms with Gasteiger partial charge in [0.25, 0.3) is 0 Å². The molecule has 2 saturated heterocycles. The Kier molecular flexibility index (Phi) is 4.28. The van der Waals surface area contributed by atoms with Crippen molar-refractivity contribution < 1.29 is 14.4 Å². The van der Waals surface area contributed by atoms with Crippen LogP contribution in [0.2, 0.25) is 0 Å². The Morgan fingerprint density at radius 2 is 1.75 bits per heavy atom. The highest BCUT2D eigenvalue weighted by molar-refractivity contribution is 6.08. The molecule has 0 saturated carbocycles. The standard InChI is InChI=1S/C22H29N3O3/c1-21(2,3)25-14-15(13-18(25)26)19(27)24-11-9-22(10-12-24)16-7-5-6-8-17(16)23(4)20(22)28/h5-8,15H,9-14H2,1-4H3. The first kappa shape index (κ1) is 19.0. The van der Waals surface area contributed by atoms with E-state index in [2.05, 4.69) is 0 Å². The molecule has 1 unspecified atom stereocenters. The number of piperidine rings is 1. The van der Waals surface area contributed by atoms with E-state index in [1.54, 1.807) is 4.90 Å². The van der Waals surface area contributed by atoms with Gasteiger partial charge < -0.3 is 14.7 Å². The number of carbonyl (C=O) groups is 3. The lowest BCUT2D eigenvalue weighted by molar-refractivity contribution is -0.139. The summed E-state index contributed by atoms with van der Waals surface area (Å²) in [5.74, 6) is -0.0198. The number of anilines is 1. The topological polar surface area (TPSA) is 60.9 Å². The molecule has 1 aromatic carbocycles. The van der Waals surface area contributed by atoms with Crippen molar-refractivity contribution in [3.8, 4) is 0 Å². The molecule has 1 spiro atoms. The quantitative estimate of drug-likeness (QED) is 0.747. The van der Waals surface area contributed by atoms with Crippen LogP contribution in [0, 0.1) is 5.92 Å². The lowest BCUT2D eigenvalue weighted by atomic mass is 9.73. The summed E-state index contributed by atoms with van der Waals surface area (Å²) in [5, 5.41) is 0. The van der Waals surface area contributed by atoms with E-state index in [-0.39, 0.29) is 29.2 Å². The van der Waals surface area contributed by atoms with Crippen LogP contribution < -0.4 is 4.90 Å². The molecule has 2 fully saturated rings. The maximum absolute atomic E-state index is 13.1. The van der Waals surface area contributed by atoms with Gasteiger partial charge in [-0.3, -0.25) is 14.4 Å². The van der Waals surface area contributed by atoms with Gasteiger partial charge in [-0.2, -0.15) is 0 Å². The fourth-order valence-corrected chi connectivity index (χ4v) is 5.09. The minimum atomic E-state index is -0.509. The Hall–Kier alpha value is -2.37. The molecule has 3 aliphatic rings. The van der Waals surface area contributed by atoms with Crippen molar-refractivity contribution in [2.45, 2.75) is 51.0 Å². The van der Waals surface area contributed by atoms with Crippen LogP contribution in [0.1, 0.15) is 45.6 Å². The SMILES string of the molecule is CN1C(=O)C2(CCN(C(=O)C3CC(=O)N(C(C)(C)C)C3)CC2)c2ccccc21. The normalized spacial score (nSPS) is 24.3. The van der Waals surface area contributed by atoms with Crippen LogP contribution in [0.25, 0.3) is 0 Å². The highest BCUT2D eigenvalue weighted by atomic mass is 16.2. The second-order valence-corrected chi connectivity index (χ2v) is 9.36. The van der Waals surface area contributed by atoms with Gasteiger partial charge in [0.1, 0.15) is 0 Å². The van der Waals surface area contributed by atoms with E-state index in [0.29, 0.717) is 38.9 Å². The molecule has 0 aromatic heterocycles. The number of carbonyl (C=O) groups excluding carboxylic acids is 3. The monoisotopic (exact) mass is 383 g/mol. The summed E-state index contributed by atoms with van der Waals surface area (Å²) in [4.78, 5) is 43.9. The second kappa shape index (κ2) is 6.33. The summed E-state index contributed by atoms with van der Waals surface area (Å²) in [6.45, 7) is 7.62. The van der Waals surface area contributed by atoms with E-state index in [9.17, 15) is 14.4 Å². The molecule has 0 bridgehead atoms. The first-order valence-electron chi connectivity index (χ1n) is 10.1. The van der Waals surface area contributed by atoms with Crippen LogP contribution in [-0.4, -0.2) is 59.7 Å². The van der Waals surface area contributed by atoms with Crippen molar-refractivity contribution in [1.29, 1.82) is 0 Å². The second-order valence-electron chi connectivity index (χ2n) is 9.36. The highest BCUT2D eigenvalue weighted by Crippen LogP contribution is 2.47. The van der Waals surface area contributed by atoms with Crippen molar-refractivity contribution in [2.75, 3.05) is 31.6 Å². The number of rotatable bonds is 1. The van der Waals surface area contributed by atoms with Crippen molar-refractivity contribution in [1.82, 2.24) is 9.80 Å². The Morgan fingerprint density at radius 3 is 2.36 bits per heavy atom. The predicted octanol–water partition coefficient (Wildman–Crippen LogP) is 2.17. The fraction of sp³-hybridized carbons (Fsp3) is 0.591. The molecule has 150 valence electrons. The zero-order valence-electron chi connectivity index (χ0n) is 17.2. The van der Waals surface area contributed by atoms with Gasteiger partial charge in [0, 0.05) is 44.3 Å². The first-order valence-corrected chi connectivity index (χ1v) is 10.1. The lowest BCUT2D eigenvalue weighted by Crippen LogP contribution is -2.51. The van der Waals surface area contributed by atoms with E-state index < -0.39 is 5.41 Å². The third-order valence-corrected chi connectivity index (χ3v) is 6.71. The van der Waals surface area contributed by atoms with E-state index in [0.717, 1.165) is 11.3 Å². The number of amides is 3. The number of benzene rings is 1. The third kappa shape index (κ3) is 2.73. The van der Waals surface area contributed by atoms with E-state index in [4.69, 9.17) is 0 Å². The van der Waals surface area contributed by atoms with Gasteiger partial charge in [-0.25, -0.2) is 0 Å². The van der Waals surface area contributed by atoms with Crippen molar-refractivity contribution in [2.24, 2.45) is 5.92 Å². The molecule has 0 N–H and O–H groups in total. The molecule has 28 heavy (non-hydrogen) atoms. The largest absolute Gasteiger partial charge is 0.342 e. The summed E-state index contributed by atoms with van der Waals surface area (Å²) >= 11 is 0. The lowest BCUT2D eigenvalue weighted by Gasteiger charge is -2.39. The van der Waals surface area contributed by atoms with Crippen LogP contribution >= 0.6 is 0 Å². The summed E-state index contributed by atoms with van der Waals surface area (Å²) in [6, 6.07) is 7.98. The first-order chi connectivity index (χ1) is 13.1. The van der Waals surface area contributed by atoms with Crippen molar-refractivity contribution in [3.63, 3.8) is 0 Å². The minimum Gasteiger partial charge on any atom is -0.342 e. The predicted molar refractivity (Wildman–Crippen MR) is 107 cm³/mol. The van der Waals surface area contributed by atoms with Gasteiger partial charge in [-0.05, 0) is 45.2 Å². The fourth-order valence-electron chi connectivity index (χ4n) is 5.09. The van der Waals surface area contributed by atoms with Crippen LogP contribution in [0.15, 0.2) is 24.3 Å². The number of likely N-dealkylation sites (tertiary alicyclic amines) is 2. The van der Waals surface area contributed by atoms with Crippen molar-refractivity contribution in [3.05, 3.63) is 29.8 Å². The molecular weight excluding hydrogens is 354 g/mol. The molecule has 6 nitrogen and oxygen atoms in total. The maximum Gasteiger partial charge on any atom is 0.237 e. The van der Waals surface area contributed by atoms with Gasteiger partial charge in [-0.15, -0.1) is 0 Å². The maximum atomic E-state index is 13.1.